The molecule has 1 aromatic carbocycles. The van der Waals surface area contributed by atoms with E-state index >= 15 is 0 Å². The van der Waals surface area contributed by atoms with Crippen LogP contribution in [0.2, 0.25) is 5.02 Å². The predicted molar refractivity (Wildman–Crippen MR) is 112 cm³/mol. The van der Waals surface area contributed by atoms with Gasteiger partial charge >= 0.3 is 0 Å². The Bertz CT molecular complexity index is 872. The maximum atomic E-state index is 12.7. The molecule has 7 heteroatoms. The number of aromatic nitrogens is 1. The molecule has 1 aliphatic heterocycles. The van der Waals surface area contributed by atoms with Gasteiger partial charge in [-0.15, -0.1) is 0 Å². The Morgan fingerprint density at radius 2 is 2.18 bits per heavy atom. The summed E-state index contributed by atoms with van der Waals surface area (Å²) < 4.78 is 5.27. The molecule has 2 heterocycles. The van der Waals surface area contributed by atoms with Crippen molar-refractivity contribution in [3.8, 4) is 5.75 Å². The molecular formula is C21H27ClN4O2. The van der Waals surface area contributed by atoms with Gasteiger partial charge in [-0.1, -0.05) is 11.6 Å². The second-order valence-electron chi connectivity index (χ2n) is 7.29. The van der Waals surface area contributed by atoms with E-state index in [1.54, 1.807) is 25.4 Å². The molecule has 0 radical (unpaired) electrons. The Morgan fingerprint density at radius 1 is 1.39 bits per heavy atom. The molecule has 1 amide bonds. The van der Waals surface area contributed by atoms with Gasteiger partial charge in [-0.05, 0) is 50.1 Å². The number of amides is 1. The number of benzene rings is 1. The first-order valence-corrected chi connectivity index (χ1v) is 9.82. The van der Waals surface area contributed by atoms with Crippen molar-refractivity contribution in [2.45, 2.75) is 33.4 Å². The van der Waals surface area contributed by atoms with E-state index < -0.39 is 0 Å². The summed E-state index contributed by atoms with van der Waals surface area (Å²) in [7, 11) is 1.57. The number of nitrogens with zero attached hydrogens (tertiary/aromatic N) is 2. The fraction of sp³-hybridized carbons (Fsp3) is 0.429. The third kappa shape index (κ3) is 4.82. The highest BCUT2D eigenvalue weighted by atomic mass is 35.5. The van der Waals surface area contributed by atoms with E-state index in [0.717, 1.165) is 48.7 Å². The first-order valence-electron chi connectivity index (χ1n) is 9.44. The Kier molecular flexibility index (Phi) is 6.54. The number of piperazine rings is 1. The van der Waals surface area contributed by atoms with Crippen molar-refractivity contribution in [2.24, 2.45) is 0 Å². The number of pyridine rings is 1. The van der Waals surface area contributed by atoms with Crippen molar-refractivity contribution in [2.75, 3.05) is 32.1 Å². The van der Waals surface area contributed by atoms with Gasteiger partial charge in [-0.25, -0.2) is 0 Å². The zero-order valence-electron chi connectivity index (χ0n) is 16.8. The number of rotatable bonds is 5. The topological polar surface area (TPSA) is 66.5 Å². The molecule has 2 aromatic rings. The number of hydrogen-bond donors (Lipinski definition) is 2. The predicted octanol–water partition coefficient (Wildman–Crippen LogP) is 3.41. The number of nitrogens with one attached hydrogen (secondary N) is 2. The number of anilines is 1. The smallest absolute Gasteiger partial charge is 0.257 e. The summed E-state index contributed by atoms with van der Waals surface area (Å²) in [5.74, 6) is 0.349. The molecule has 6 nitrogen and oxygen atoms in total. The van der Waals surface area contributed by atoms with Gasteiger partial charge in [0.25, 0.3) is 5.91 Å². The molecule has 1 fully saturated rings. The molecule has 0 unspecified atom stereocenters. The van der Waals surface area contributed by atoms with Gasteiger partial charge in [-0.3, -0.25) is 14.7 Å². The summed E-state index contributed by atoms with van der Waals surface area (Å²) in [6, 6.07) is 5.93. The lowest BCUT2D eigenvalue weighted by atomic mass is 10.0. The number of methoxy groups -OCH3 is 1. The number of ether oxygens (including phenoxy) is 1. The molecule has 3 rings (SSSR count). The monoisotopic (exact) mass is 402 g/mol. The van der Waals surface area contributed by atoms with Gasteiger partial charge in [0.1, 0.15) is 5.75 Å². The Hall–Kier alpha value is -2.15. The Labute approximate surface area is 171 Å². The number of aryl methyl sites for hydroxylation is 1. The minimum absolute atomic E-state index is 0.238. The van der Waals surface area contributed by atoms with E-state index in [1.165, 1.54) is 0 Å². The van der Waals surface area contributed by atoms with Crippen LogP contribution >= 0.6 is 11.6 Å². The van der Waals surface area contributed by atoms with E-state index in [-0.39, 0.29) is 5.91 Å². The molecule has 1 atom stereocenters. The molecule has 0 saturated carbocycles. The van der Waals surface area contributed by atoms with Crippen LogP contribution in [-0.4, -0.2) is 48.6 Å². The largest absolute Gasteiger partial charge is 0.495 e. The average molecular weight is 403 g/mol. The quantitative estimate of drug-likeness (QED) is 0.802. The van der Waals surface area contributed by atoms with Crippen LogP contribution in [0.15, 0.2) is 24.4 Å². The number of halogens is 1. The lowest BCUT2D eigenvalue weighted by Gasteiger charge is -2.32. The van der Waals surface area contributed by atoms with Crippen LogP contribution < -0.4 is 15.4 Å². The van der Waals surface area contributed by atoms with Crippen molar-refractivity contribution in [3.05, 3.63) is 51.8 Å². The van der Waals surface area contributed by atoms with E-state index in [4.69, 9.17) is 16.3 Å². The first kappa shape index (κ1) is 20.6. The standard InChI is InChI=1S/C21H27ClN4O2/c1-13-11-26(6-5-23-13)12-17-7-18(22)9-19(14(17)2)25-21(27)16-8-20(28-4)15(3)24-10-16/h7-10,13,23H,5-6,11-12H2,1-4H3,(H,25,27)/t13-/m0/s1. The minimum Gasteiger partial charge on any atom is -0.495 e. The van der Waals surface area contributed by atoms with Crippen LogP contribution in [0.3, 0.4) is 0 Å². The zero-order valence-corrected chi connectivity index (χ0v) is 17.6. The molecular weight excluding hydrogens is 376 g/mol. The molecule has 1 aromatic heterocycles. The van der Waals surface area contributed by atoms with Gasteiger partial charge in [0.15, 0.2) is 0 Å². The van der Waals surface area contributed by atoms with Crippen molar-refractivity contribution in [1.82, 2.24) is 15.2 Å². The Balaban J connectivity index is 1.80. The van der Waals surface area contributed by atoms with Crippen molar-refractivity contribution in [1.29, 1.82) is 0 Å². The highest BCUT2D eigenvalue weighted by molar-refractivity contribution is 6.31. The summed E-state index contributed by atoms with van der Waals surface area (Å²) in [5, 5.41) is 7.04. The van der Waals surface area contributed by atoms with Gasteiger partial charge in [0.2, 0.25) is 0 Å². The molecule has 0 aliphatic carbocycles. The van der Waals surface area contributed by atoms with Crippen molar-refractivity contribution in [3.63, 3.8) is 0 Å². The zero-order chi connectivity index (χ0) is 20.3. The molecule has 1 saturated heterocycles. The van der Waals surface area contributed by atoms with Crippen LogP contribution in [-0.2, 0) is 6.54 Å². The van der Waals surface area contributed by atoms with Crippen LogP contribution in [0.5, 0.6) is 5.75 Å². The second-order valence-corrected chi connectivity index (χ2v) is 7.73. The fourth-order valence-corrected chi connectivity index (χ4v) is 3.71. The third-order valence-corrected chi connectivity index (χ3v) is 5.32. The van der Waals surface area contributed by atoms with Crippen LogP contribution in [0, 0.1) is 13.8 Å². The second kappa shape index (κ2) is 8.90. The molecule has 150 valence electrons. The van der Waals surface area contributed by atoms with Crippen LogP contribution in [0.25, 0.3) is 0 Å². The summed E-state index contributed by atoms with van der Waals surface area (Å²) in [4.78, 5) is 19.4. The summed E-state index contributed by atoms with van der Waals surface area (Å²) >= 11 is 6.35. The van der Waals surface area contributed by atoms with Crippen molar-refractivity contribution >= 4 is 23.2 Å². The van der Waals surface area contributed by atoms with Crippen LogP contribution in [0.1, 0.15) is 34.1 Å². The minimum atomic E-state index is -0.238. The van der Waals surface area contributed by atoms with Crippen molar-refractivity contribution < 1.29 is 9.53 Å². The maximum Gasteiger partial charge on any atom is 0.257 e. The molecule has 0 spiro atoms. The summed E-state index contributed by atoms with van der Waals surface area (Å²) in [6.45, 7) is 9.81. The highest BCUT2D eigenvalue weighted by Gasteiger charge is 2.18. The average Bonchev–Trinajstić information content (AvgIpc) is 2.65. The lowest BCUT2D eigenvalue weighted by molar-refractivity contribution is 0.102. The van der Waals surface area contributed by atoms with E-state index in [2.05, 4.69) is 27.4 Å². The molecule has 1 aliphatic rings. The third-order valence-electron chi connectivity index (χ3n) is 5.10. The van der Waals surface area contributed by atoms with E-state index in [9.17, 15) is 4.79 Å². The highest BCUT2D eigenvalue weighted by Crippen LogP contribution is 2.27. The van der Waals surface area contributed by atoms with Gasteiger partial charge in [0, 0.05) is 49.1 Å². The van der Waals surface area contributed by atoms with E-state index in [1.807, 2.05) is 19.9 Å². The molecule has 28 heavy (non-hydrogen) atoms. The number of hydrogen-bond acceptors (Lipinski definition) is 5. The molecule has 2 N–H and O–H groups in total. The first-order chi connectivity index (χ1) is 13.4. The van der Waals surface area contributed by atoms with Gasteiger partial charge in [0.05, 0.1) is 18.4 Å². The van der Waals surface area contributed by atoms with Gasteiger partial charge < -0.3 is 15.4 Å². The van der Waals surface area contributed by atoms with Crippen LogP contribution in [0.4, 0.5) is 5.69 Å². The fourth-order valence-electron chi connectivity index (χ4n) is 3.46. The Morgan fingerprint density at radius 3 is 2.89 bits per heavy atom. The van der Waals surface area contributed by atoms with E-state index in [0.29, 0.717) is 22.4 Å². The lowest BCUT2D eigenvalue weighted by Crippen LogP contribution is -2.48. The number of carbonyl (C=O) groups excluding carboxylic acids is 1. The number of carbonyl (C=O) groups is 1. The summed E-state index contributed by atoms with van der Waals surface area (Å²) in [6.07, 6.45) is 1.55. The summed E-state index contributed by atoms with van der Waals surface area (Å²) in [5.41, 5.74) is 4.05. The van der Waals surface area contributed by atoms with Gasteiger partial charge in [-0.2, -0.15) is 0 Å². The maximum absolute atomic E-state index is 12.7. The molecule has 0 bridgehead atoms. The normalized spacial score (nSPS) is 17.4. The SMILES string of the molecule is COc1cc(C(=O)Nc2cc(Cl)cc(CN3CCN[C@@H](C)C3)c2C)cnc1C.